The molecule has 13 aromatic rings. The summed E-state index contributed by atoms with van der Waals surface area (Å²) >= 11 is 0. The minimum absolute atomic E-state index is 1.11. The number of hydrogen-bond donors (Lipinski definition) is 0. The van der Waals surface area contributed by atoms with E-state index in [1.165, 1.54) is 86.5 Å². The third-order valence-corrected chi connectivity index (χ3v) is 13.1. The molecule has 0 spiro atoms. The zero-order valence-corrected chi connectivity index (χ0v) is 33.8. The Morgan fingerprint density at radius 1 is 0.194 bits per heavy atom. The van der Waals surface area contributed by atoms with Crippen molar-refractivity contribution in [3.8, 4) is 11.1 Å². The van der Waals surface area contributed by atoms with E-state index in [9.17, 15) is 0 Å². The van der Waals surface area contributed by atoms with Gasteiger partial charge in [0.05, 0.1) is 17.1 Å². The number of para-hydroxylation sites is 1. The smallest absolute Gasteiger partial charge is 0.0540 e. The standard InChI is InChI=1S/C60H38N2/c1-2-15-48(16-3-1)61(54-18-8-10-41-9-4-5-17-51(41)54)49-31-23-39(24-32-49)40-25-33-50(34-26-40)62(55-37-29-46-21-19-42-11-6-13-44-27-35-52(55)59(46)57(42)44)56-38-30-47-22-20-43-12-7-14-45-28-36-53(56)60(47)58(43)45/h1-38H. The minimum atomic E-state index is 1.11. The van der Waals surface area contributed by atoms with Crippen molar-refractivity contribution in [3.63, 3.8) is 0 Å². The number of rotatable bonds is 7. The van der Waals surface area contributed by atoms with E-state index >= 15 is 0 Å². The molecule has 0 amide bonds. The van der Waals surface area contributed by atoms with Gasteiger partial charge < -0.3 is 9.80 Å². The van der Waals surface area contributed by atoms with Crippen LogP contribution in [0.1, 0.15) is 0 Å². The molecule has 0 aliphatic rings. The normalized spacial score (nSPS) is 11.9. The molecule has 62 heavy (non-hydrogen) atoms. The van der Waals surface area contributed by atoms with Gasteiger partial charge in [-0.1, -0.05) is 176 Å². The lowest BCUT2D eigenvalue weighted by Gasteiger charge is -2.29. The Morgan fingerprint density at radius 2 is 0.565 bits per heavy atom. The van der Waals surface area contributed by atoms with Gasteiger partial charge in [-0.3, -0.25) is 0 Å². The highest BCUT2D eigenvalue weighted by atomic mass is 15.1. The zero-order chi connectivity index (χ0) is 40.7. The molecule has 0 atom stereocenters. The molecule has 0 unspecified atom stereocenters. The van der Waals surface area contributed by atoms with Crippen LogP contribution in [-0.4, -0.2) is 0 Å². The average Bonchev–Trinajstić information content (AvgIpc) is 3.34. The van der Waals surface area contributed by atoms with Crippen molar-refractivity contribution in [2.45, 2.75) is 0 Å². The summed E-state index contributed by atoms with van der Waals surface area (Å²) in [5.74, 6) is 0. The second-order valence-corrected chi connectivity index (χ2v) is 16.5. The van der Waals surface area contributed by atoms with Crippen LogP contribution in [0.15, 0.2) is 231 Å². The van der Waals surface area contributed by atoms with Crippen LogP contribution in [0.4, 0.5) is 34.1 Å². The summed E-state index contributed by atoms with van der Waals surface area (Å²) in [5, 5.41) is 17.8. The van der Waals surface area contributed by atoms with E-state index in [2.05, 4.69) is 240 Å². The lowest BCUT2D eigenvalue weighted by molar-refractivity contribution is 1.30. The van der Waals surface area contributed by atoms with Crippen molar-refractivity contribution in [2.75, 3.05) is 9.80 Å². The van der Waals surface area contributed by atoms with Gasteiger partial charge in [0.1, 0.15) is 0 Å². The molecule has 0 aliphatic heterocycles. The highest BCUT2D eigenvalue weighted by Crippen LogP contribution is 2.48. The summed E-state index contributed by atoms with van der Waals surface area (Å²) in [6.07, 6.45) is 0. The van der Waals surface area contributed by atoms with E-state index in [1.807, 2.05) is 0 Å². The molecule has 2 nitrogen and oxygen atoms in total. The maximum atomic E-state index is 2.49. The highest BCUT2D eigenvalue weighted by Gasteiger charge is 2.22. The van der Waals surface area contributed by atoms with Crippen molar-refractivity contribution in [1.82, 2.24) is 0 Å². The average molecular weight is 787 g/mol. The molecule has 0 fully saturated rings. The van der Waals surface area contributed by atoms with Crippen LogP contribution >= 0.6 is 0 Å². The predicted molar refractivity (Wildman–Crippen MR) is 266 cm³/mol. The summed E-state index contributed by atoms with van der Waals surface area (Å²) in [6.45, 7) is 0. The van der Waals surface area contributed by atoms with Gasteiger partial charge in [0, 0.05) is 33.2 Å². The van der Waals surface area contributed by atoms with Crippen molar-refractivity contribution in [2.24, 2.45) is 0 Å². The van der Waals surface area contributed by atoms with E-state index < -0.39 is 0 Å². The van der Waals surface area contributed by atoms with E-state index in [0.717, 1.165) is 34.1 Å². The molecule has 0 aromatic heterocycles. The van der Waals surface area contributed by atoms with Crippen LogP contribution in [0.2, 0.25) is 0 Å². The molecular formula is C60H38N2. The summed E-state index contributed by atoms with van der Waals surface area (Å²) in [5.41, 5.74) is 9.17. The van der Waals surface area contributed by atoms with Gasteiger partial charge >= 0.3 is 0 Å². The number of anilines is 6. The van der Waals surface area contributed by atoms with Crippen LogP contribution in [0, 0.1) is 0 Å². The van der Waals surface area contributed by atoms with Gasteiger partial charge in [-0.05, 0) is 125 Å². The number of benzene rings is 13. The molecule has 288 valence electrons. The lowest BCUT2D eigenvalue weighted by Crippen LogP contribution is -2.11. The summed E-state index contributed by atoms with van der Waals surface area (Å²) < 4.78 is 0. The Bertz CT molecular complexity index is 3610. The fraction of sp³-hybridized carbons (Fsp3) is 0. The van der Waals surface area contributed by atoms with Crippen LogP contribution in [-0.2, 0) is 0 Å². The van der Waals surface area contributed by atoms with Crippen molar-refractivity contribution >= 4 is 110 Å². The second-order valence-electron chi connectivity index (χ2n) is 16.5. The fourth-order valence-electron chi connectivity index (χ4n) is 10.3. The first-order valence-corrected chi connectivity index (χ1v) is 21.4. The summed E-state index contributed by atoms with van der Waals surface area (Å²) in [7, 11) is 0. The van der Waals surface area contributed by atoms with Crippen molar-refractivity contribution in [3.05, 3.63) is 231 Å². The first-order valence-electron chi connectivity index (χ1n) is 21.4. The number of nitrogens with zero attached hydrogens (tertiary/aromatic N) is 2. The quantitative estimate of drug-likeness (QED) is 0.149. The molecular weight excluding hydrogens is 749 g/mol. The van der Waals surface area contributed by atoms with Crippen LogP contribution in [0.3, 0.4) is 0 Å². The molecule has 13 aromatic carbocycles. The fourth-order valence-corrected chi connectivity index (χ4v) is 10.3. The zero-order valence-electron chi connectivity index (χ0n) is 33.8. The monoisotopic (exact) mass is 786 g/mol. The Balaban J connectivity index is 0.961. The lowest BCUT2D eigenvalue weighted by atomic mass is 9.91. The van der Waals surface area contributed by atoms with Crippen LogP contribution in [0.5, 0.6) is 0 Å². The van der Waals surface area contributed by atoms with E-state index in [4.69, 9.17) is 0 Å². The first kappa shape index (κ1) is 34.6. The van der Waals surface area contributed by atoms with Crippen LogP contribution in [0.25, 0.3) is 86.5 Å². The van der Waals surface area contributed by atoms with Gasteiger partial charge in [0.25, 0.3) is 0 Å². The van der Waals surface area contributed by atoms with Crippen LogP contribution < -0.4 is 9.80 Å². The van der Waals surface area contributed by atoms with Gasteiger partial charge in [-0.25, -0.2) is 0 Å². The van der Waals surface area contributed by atoms with Gasteiger partial charge in [0.15, 0.2) is 0 Å². The molecule has 13 rings (SSSR count). The van der Waals surface area contributed by atoms with Gasteiger partial charge in [-0.15, -0.1) is 0 Å². The van der Waals surface area contributed by atoms with E-state index in [-0.39, 0.29) is 0 Å². The SMILES string of the molecule is c1ccc(N(c2ccc(-c3ccc(N(c4ccc5ccc6cccc7ccc4c5c67)c4ccc5ccc6cccc7ccc4c5c67)cc3)cc2)c2cccc3ccccc23)cc1. The van der Waals surface area contributed by atoms with Gasteiger partial charge in [0.2, 0.25) is 0 Å². The van der Waals surface area contributed by atoms with E-state index in [1.54, 1.807) is 0 Å². The Morgan fingerprint density at radius 3 is 1.11 bits per heavy atom. The Hall–Kier alpha value is -8.20. The topological polar surface area (TPSA) is 6.48 Å². The summed E-state index contributed by atoms with van der Waals surface area (Å²) in [4.78, 5) is 4.85. The molecule has 0 saturated carbocycles. The van der Waals surface area contributed by atoms with Crippen molar-refractivity contribution < 1.29 is 0 Å². The molecule has 0 bridgehead atoms. The van der Waals surface area contributed by atoms with Gasteiger partial charge in [-0.2, -0.15) is 0 Å². The molecule has 0 heterocycles. The maximum Gasteiger partial charge on any atom is 0.0540 e. The third kappa shape index (κ3) is 5.30. The van der Waals surface area contributed by atoms with Crippen molar-refractivity contribution in [1.29, 1.82) is 0 Å². The highest BCUT2D eigenvalue weighted by molar-refractivity contribution is 6.28. The summed E-state index contributed by atoms with van der Waals surface area (Å²) in [6, 6.07) is 84.8. The first-order chi connectivity index (χ1) is 30.7. The Labute approximate surface area is 359 Å². The second kappa shape index (κ2) is 13.7. The number of fused-ring (bicyclic) bond motifs is 1. The third-order valence-electron chi connectivity index (χ3n) is 13.1. The minimum Gasteiger partial charge on any atom is -0.310 e. The number of hydrogen-bond acceptors (Lipinski definition) is 2. The Kier molecular flexibility index (Phi) is 7.64. The molecule has 0 N–H and O–H groups in total. The molecule has 0 saturated heterocycles. The largest absolute Gasteiger partial charge is 0.310 e. The maximum absolute atomic E-state index is 2.49. The molecule has 0 radical (unpaired) electrons. The molecule has 2 heteroatoms. The molecule has 0 aliphatic carbocycles. The predicted octanol–water partition coefficient (Wildman–Crippen LogP) is 17.2. The van der Waals surface area contributed by atoms with E-state index in [0.29, 0.717) is 0 Å².